The van der Waals surface area contributed by atoms with E-state index in [1.807, 2.05) is 0 Å². The molecule has 10 heteroatoms. The van der Waals surface area contributed by atoms with Crippen LogP contribution < -0.4 is 10.0 Å². The fourth-order valence-electron chi connectivity index (χ4n) is 2.30. The summed E-state index contributed by atoms with van der Waals surface area (Å²) in [4.78, 5) is -0.437. The Morgan fingerprint density at radius 1 is 1.17 bits per heavy atom. The lowest BCUT2D eigenvalue weighted by Crippen LogP contribution is -2.37. The zero-order valence-corrected chi connectivity index (χ0v) is 15.5. The van der Waals surface area contributed by atoms with Crippen LogP contribution in [0.15, 0.2) is 34.1 Å². The van der Waals surface area contributed by atoms with Crippen LogP contribution in [-0.4, -0.2) is 54.4 Å². The highest BCUT2D eigenvalue weighted by Crippen LogP contribution is 2.22. The maximum atomic E-state index is 12.5. The highest BCUT2D eigenvalue weighted by molar-refractivity contribution is 7.92. The van der Waals surface area contributed by atoms with Crippen LogP contribution in [0.25, 0.3) is 0 Å². The van der Waals surface area contributed by atoms with Gasteiger partial charge >= 0.3 is 0 Å². The van der Waals surface area contributed by atoms with Gasteiger partial charge in [-0.15, -0.1) is 12.4 Å². The highest BCUT2D eigenvalue weighted by Gasteiger charge is 2.28. The lowest BCUT2D eigenvalue weighted by Gasteiger charge is -2.17. The first-order valence-corrected chi connectivity index (χ1v) is 9.92. The topological polar surface area (TPSA) is 95.6 Å². The number of nitrogens with zero attached hydrogens (tertiary/aromatic N) is 1. The maximum absolute atomic E-state index is 12.5. The van der Waals surface area contributed by atoms with Crippen molar-refractivity contribution in [2.24, 2.45) is 0 Å². The highest BCUT2D eigenvalue weighted by atomic mass is 35.5. The van der Waals surface area contributed by atoms with Crippen molar-refractivity contribution < 1.29 is 16.8 Å². The molecule has 23 heavy (non-hydrogen) atoms. The zero-order chi connectivity index (χ0) is 16.4. The van der Waals surface area contributed by atoms with Gasteiger partial charge in [-0.25, -0.2) is 25.9 Å². The van der Waals surface area contributed by atoms with E-state index in [0.29, 0.717) is 0 Å². The summed E-state index contributed by atoms with van der Waals surface area (Å²) in [5.41, 5.74) is 0. The number of rotatable bonds is 6. The lowest BCUT2D eigenvalue weighted by molar-refractivity contribution is 0.515. The molecular weight excluding hydrogens is 362 g/mol. The Bertz CT molecular complexity index is 729. The molecule has 1 aliphatic heterocycles. The molecule has 1 saturated heterocycles. The summed E-state index contributed by atoms with van der Waals surface area (Å²) < 4.78 is 53.0. The molecule has 1 aliphatic rings. The summed E-state index contributed by atoms with van der Waals surface area (Å²) in [5.74, 6) is 0. The van der Waals surface area contributed by atoms with Gasteiger partial charge in [-0.1, -0.05) is 12.1 Å². The molecule has 1 heterocycles. The van der Waals surface area contributed by atoms with Crippen molar-refractivity contribution in [2.75, 3.05) is 27.2 Å². The number of halogens is 1. The SMILES string of the molecule is CN(C)S(=O)(=O)c1ccccc1S(=O)(=O)NCC1CCCN1.Cl. The molecule has 2 N–H and O–H groups in total. The van der Waals surface area contributed by atoms with Crippen molar-refractivity contribution >= 4 is 32.5 Å². The number of hydrogen-bond acceptors (Lipinski definition) is 5. The second-order valence-corrected chi connectivity index (χ2v) is 9.23. The molecule has 1 aromatic rings. The Morgan fingerprint density at radius 2 is 1.78 bits per heavy atom. The Morgan fingerprint density at radius 3 is 2.30 bits per heavy atom. The van der Waals surface area contributed by atoms with Gasteiger partial charge in [-0.3, -0.25) is 0 Å². The lowest BCUT2D eigenvalue weighted by atomic mass is 10.2. The van der Waals surface area contributed by atoms with Crippen molar-refractivity contribution in [3.63, 3.8) is 0 Å². The van der Waals surface area contributed by atoms with Gasteiger partial charge in [0.05, 0.1) is 0 Å². The molecule has 1 fully saturated rings. The van der Waals surface area contributed by atoms with Crippen LogP contribution in [0, 0.1) is 0 Å². The zero-order valence-electron chi connectivity index (χ0n) is 13.0. The van der Waals surface area contributed by atoms with Crippen molar-refractivity contribution in [2.45, 2.75) is 28.7 Å². The second kappa shape index (κ2) is 7.91. The molecule has 132 valence electrons. The first-order valence-electron chi connectivity index (χ1n) is 7.00. The molecule has 0 saturated carbocycles. The van der Waals surface area contributed by atoms with E-state index in [4.69, 9.17) is 0 Å². The van der Waals surface area contributed by atoms with Crippen LogP contribution in [0.4, 0.5) is 0 Å². The first-order chi connectivity index (χ1) is 10.2. The van der Waals surface area contributed by atoms with Crippen LogP contribution in [0.5, 0.6) is 0 Å². The van der Waals surface area contributed by atoms with E-state index < -0.39 is 20.0 Å². The summed E-state index contributed by atoms with van der Waals surface area (Å²) in [6.07, 6.45) is 1.91. The minimum atomic E-state index is -3.89. The predicted molar refractivity (Wildman–Crippen MR) is 90.8 cm³/mol. The van der Waals surface area contributed by atoms with E-state index in [1.165, 1.54) is 38.4 Å². The van der Waals surface area contributed by atoms with Crippen molar-refractivity contribution in [1.82, 2.24) is 14.3 Å². The molecule has 0 amide bonds. The Labute approximate surface area is 144 Å². The van der Waals surface area contributed by atoms with Crippen LogP contribution in [0.1, 0.15) is 12.8 Å². The average molecular weight is 384 g/mol. The van der Waals surface area contributed by atoms with Crippen LogP contribution in [0.3, 0.4) is 0 Å². The van der Waals surface area contributed by atoms with Gasteiger partial charge in [-0.05, 0) is 31.5 Å². The third-order valence-corrected chi connectivity index (χ3v) is 7.06. The fraction of sp³-hybridized carbons (Fsp3) is 0.538. The van der Waals surface area contributed by atoms with Crippen LogP contribution in [0.2, 0.25) is 0 Å². The monoisotopic (exact) mass is 383 g/mol. The van der Waals surface area contributed by atoms with E-state index in [9.17, 15) is 16.8 Å². The molecular formula is C13H22ClN3O4S2. The largest absolute Gasteiger partial charge is 0.313 e. The molecule has 1 aromatic carbocycles. The number of nitrogens with one attached hydrogen (secondary N) is 2. The molecule has 0 aromatic heterocycles. The summed E-state index contributed by atoms with van der Waals surface area (Å²) in [6, 6.07) is 5.72. The van der Waals surface area contributed by atoms with Crippen LogP contribution in [-0.2, 0) is 20.0 Å². The Balaban J connectivity index is 0.00000264. The standard InChI is InChI=1S/C13H21N3O4S2.ClH/c1-16(2)22(19,20)13-8-4-3-7-12(13)21(17,18)15-10-11-6-5-9-14-11;/h3-4,7-8,11,14-15H,5-6,9-10H2,1-2H3;1H. The van der Waals surface area contributed by atoms with E-state index in [1.54, 1.807) is 0 Å². The van der Waals surface area contributed by atoms with E-state index in [-0.39, 0.29) is 34.8 Å². The fourth-order valence-corrected chi connectivity index (χ4v) is 5.08. The number of sulfonamides is 2. The summed E-state index contributed by atoms with van der Waals surface area (Å²) in [7, 11) is -4.98. The van der Waals surface area contributed by atoms with E-state index in [0.717, 1.165) is 23.7 Å². The molecule has 0 spiro atoms. The van der Waals surface area contributed by atoms with Gasteiger partial charge in [0.25, 0.3) is 0 Å². The van der Waals surface area contributed by atoms with Crippen molar-refractivity contribution in [3.8, 4) is 0 Å². The number of benzene rings is 1. The molecule has 0 radical (unpaired) electrons. The molecule has 2 rings (SSSR count). The van der Waals surface area contributed by atoms with Gasteiger partial charge in [0.2, 0.25) is 20.0 Å². The van der Waals surface area contributed by atoms with E-state index in [2.05, 4.69) is 10.0 Å². The van der Waals surface area contributed by atoms with Gasteiger partial charge in [0.1, 0.15) is 9.79 Å². The van der Waals surface area contributed by atoms with E-state index >= 15 is 0 Å². The normalized spacial score (nSPS) is 18.8. The summed E-state index contributed by atoms with van der Waals surface area (Å²) >= 11 is 0. The van der Waals surface area contributed by atoms with Gasteiger partial charge in [0, 0.05) is 26.7 Å². The maximum Gasteiger partial charge on any atom is 0.243 e. The third kappa shape index (κ3) is 4.65. The summed E-state index contributed by atoms with van der Waals surface area (Å²) in [5, 5.41) is 3.19. The molecule has 7 nitrogen and oxygen atoms in total. The minimum absolute atomic E-state index is 0. The van der Waals surface area contributed by atoms with Crippen LogP contribution >= 0.6 is 12.4 Å². The summed E-state index contributed by atoms with van der Waals surface area (Å²) in [6.45, 7) is 1.12. The average Bonchev–Trinajstić information content (AvgIpc) is 2.98. The minimum Gasteiger partial charge on any atom is -0.313 e. The molecule has 1 unspecified atom stereocenters. The quantitative estimate of drug-likeness (QED) is 0.740. The Hall–Kier alpha value is -0.710. The first kappa shape index (κ1) is 20.3. The van der Waals surface area contributed by atoms with Gasteiger partial charge in [0.15, 0.2) is 0 Å². The smallest absolute Gasteiger partial charge is 0.243 e. The van der Waals surface area contributed by atoms with Gasteiger partial charge < -0.3 is 5.32 Å². The molecule has 1 atom stereocenters. The molecule has 0 bridgehead atoms. The van der Waals surface area contributed by atoms with Gasteiger partial charge in [-0.2, -0.15) is 0 Å². The molecule has 0 aliphatic carbocycles. The third-order valence-electron chi connectivity index (χ3n) is 3.58. The van der Waals surface area contributed by atoms with Crippen molar-refractivity contribution in [3.05, 3.63) is 24.3 Å². The number of hydrogen-bond donors (Lipinski definition) is 2. The van der Waals surface area contributed by atoms with Crippen molar-refractivity contribution in [1.29, 1.82) is 0 Å². The predicted octanol–water partition coefficient (Wildman–Crippen LogP) is 0.389. The Kier molecular flexibility index (Phi) is 6.99. The second-order valence-electron chi connectivity index (χ2n) is 5.38.